The van der Waals surface area contributed by atoms with Crippen molar-refractivity contribution in [2.45, 2.75) is 96.2 Å². The summed E-state index contributed by atoms with van der Waals surface area (Å²) >= 11 is 0. The maximum Gasteiger partial charge on any atom is 0.410 e. The molecule has 1 spiro atoms. The number of carbonyl (C=O) groups excluding carboxylic acids is 1. The number of unbranched alkanes of at least 4 members (excludes halogenated alkanes) is 1. The normalized spacial score (nSPS) is 27.5. The zero-order chi connectivity index (χ0) is 24.1. The van der Waals surface area contributed by atoms with Gasteiger partial charge in [-0.3, -0.25) is 0 Å². The van der Waals surface area contributed by atoms with Crippen LogP contribution in [0.4, 0.5) is 10.5 Å². The number of benzene rings is 1. The predicted octanol–water partition coefficient (Wildman–Crippen LogP) is 5.32. The van der Waals surface area contributed by atoms with E-state index in [9.17, 15) is 4.79 Å². The van der Waals surface area contributed by atoms with Crippen LogP contribution in [0.15, 0.2) is 18.2 Å². The van der Waals surface area contributed by atoms with Crippen LogP contribution in [0.2, 0.25) is 0 Å². The van der Waals surface area contributed by atoms with Crippen LogP contribution < -0.4 is 15.4 Å². The molecule has 1 aromatic rings. The first-order chi connectivity index (χ1) is 15.5. The number of amides is 1. The van der Waals surface area contributed by atoms with Crippen molar-refractivity contribution in [2.75, 3.05) is 32.1 Å². The minimum Gasteiger partial charge on any atom is -0.497 e. The number of methoxy groups -OCH3 is 1. The second-order valence-electron chi connectivity index (χ2n) is 11.9. The first-order valence-electron chi connectivity index (χ1n) is 12.7. The van der Waals surface area contributed by atoms with Gasteiger partial charge in [0.05, 0.1) is 13.2 Å². The Bertz CT molecular complexity index is 883. The molecule has 6 nitrogen and oxygen atoms in total. The second kappa shape index (κ2) is 8.37. The van der Waals surface area contributed by atoms with Crippen LogP contribution in [0.1, 0.15) is 79.2 Å². The second-order valence-corrected chi connectivity index (χ2v) is 11.9. The molecule has 3 aliphatic heterocycles. The maximum absolute atomic E-state index is 12.8. The fourth-order valence-electron chi connectivity index (χ4n) is 6.70. The average molecular weight is 458 g/mol. The van der Waals surface area contributed by atoms with Crippen molar-refractivity contribution in [3.05, 3.63) is 23.8 Å². The summed E-state index contributed by atoms with van der Waals surface area (Å²) in [6.07, 6.45) is 5.28. The number of likely N-dealkylation sites (tertiary alicyclic amines) is 1. The van der Waals surface area contributed by atoms with E-state index in [0.29, 0.717) is 0 Å². The highest BCUT2D eigenvalue weighted by molar-refractivity contribution is 5.69. The van der Waals surface area contributed by atoms with Gasteiger partial charge in [-0.1, -0.05) is 25.8 Å². The van der Waals surface area contributed by atoms with Crippen LogP contribution in [-0.2, 0) is 10.2 Å². The summed E-state index contributed by atoms with van der Waals surface area (Å²) in [5, 5.41) is 7.85. The topological polar surface area (TPSA) is 62.8 Å². The summed E-state index contributed by atoms with van der Waals surface area (Å²) in [5.74, 6) is 0.894. The van der Waals surface area contributed by atoms with Gasteiger partial charge >= 0.3 is 6.09 Å². The predicted molar refractivity (Wildman–Crippen MR) is 133 cm³/mol. The third-order valence-corrected chi connectivity index (χ3v) is 8.35. The van der Waals surface area contributed by atoms with Gasteiger partial charge in [0.2, 0.25) is 0 Å². The third kappa shape index (κ3) is 3.98. The molecular formula is C27H43N3O3. The molecule has 0 saturated carbocycles. The molecule has 3 heterocycles. The van der Waals surface area contributed by atoms with Crippen molar-refractivity contribution in [1.29, 1.82) is 0 Å². The lowest BCUT2D eigenvalue weighted by atomic mass is 9.48. The number of fused-ring (bicyclic) bond motifs is 4. The van der Waals surface area contributed by atoms with Gasteiger partial charge in [0.25, 0.3) is 0 Å². The van der Waals surface area contributed by atoms with Gasteiger partial charge in [0.15, 0.2) is 0 Å². The molecule has 0 aliphatic carbocycles. The Kier molecular flexibility index (Phi) is 6.13. The molecule has 2 saturated heterocycles. The van der Waals surface area contributed by atoms with Crippen LogP contribution in [0, 0.1) is 5.41 Å². The molecule has 6 heteroatoms. The number of carbonyl (C=O) groups is 1. The maximum atomic E-state index is 12.8. The van der Waals surface area contributed by atoms with E-state index in [1.807, 2.05) is 25.7 Å². The van der Waals surface area contributed by atoms with Gasteiger partial charge in [-0.15, -0.1) is 0 Å². The highest BCUT2D eigenvalue weighted by Gasteiger charge is 2.66. The third-order valence-electron chi connectivity index (χ3n) is 8.35. The molecule has 0 aromatic heterocycles. The minimum absolute atomic E-state index is 0.0133. The number of anilines is 1. The first-order valence-corrected chi connectivity index (χ1v) is 12.7. The molecule has 33 heavy (non-hydrogen) atoms. The van der Waals surface area contributed by atoms with Gasteiger partial charge in [0.1, 0.15) is 11.4 Å². The number of rotatable bonds is 4. The SMILES string of the molecule is CCCCC12c3ccc(OC)cc3NC1C(C)(C)NCC21CCN(C(=O)OC(C)(C)C)CC1. The van der Waals surface area contributed by atoms with Crippen LogP contribution in [0.3, 0.4) is 0 Å². The van der Waals surface area contributed by atoms with E-state index < -0.39 is 5.60 Å². The van der Waals surface area contributed by atoms with Crippen LogP contribution >= 0.6 is 0 Å². The molecule has 0 radical (unpaired) electrons. The Morgan fingerprint density at radius 3 is 2.52 bits per heavy atom. The summed E-state index contributed by atoms with van der Waals surface area (Å²) in [4.78, 5) is 14.7. The molecular weight excluding hydrogens is 414 g/mol. The first kappa shape index (κ1) is 24.2. The molecule has 4 rings (SSSR count). The van der Waals surface area contributed by atoms with Crippen molar-refractivity contribution < 1.29 is 14.3 Å². The number of nitrogens with one attached hydrogen (secondary N) is 2. The fourth-order valence-corrected chi connectivity index (χ4v) is 6.70. The van der Waals surface area contributed by atoms with Crippen LogP contribution in [-0.4, -0.2) is 54.9 Å². The zero-order valence-electron chi connectivity index (χ0n) is 21.6. The molecule has 2 atom stereocenters. The summed E-state index contributed by atoms with van der Waals surface area (Å²) < 4.78 is 11.3. The van der Waals surface area contributed by atoms with Crippen LogP contribution in [0.25, 0.3) is 0 Å². The lowest BCUT2D eigenvalue weighted by Gasteiger charge is -2.62. The van der Waals surface area contributed by atoms with E-state index in [0.717, 1.165) is 44.6 Å². The quantitative estimate of drug-likeness (QED) is 0.641. The van der Waals surface area contributed by atoms with E-state index in [4.69, 9.17) is 9.47 Å². The van der Waals surface area contributed by atoms with Gasteiger partial charge in [-0.05, 0) is 70.9 Å². The monoisotopic (exact) mass is 457 g/mol. The zero-order valence-corrected chi connectivity index (χ0v) is 21.6. The average Bonchev–Trinajstić information content (AvgIpc) is 3.11. The van der Waals surface area contributed by atoms with Crippen molar-refractivity contribution >= 4 is 11.8 Å². The van der Waals surface area contributed by atoms with Gasteiger partial charge in [-0.25, -0.2) is 4.79 Å². The fraction of sp³-hybridized carbons (Fsp3) is 0.741. The lowest BCUT2D eigenvalue weighted by molar-refractivity contribution is -0.0447. The summed E-state index contributed by atoms with van der Waals surface area (Å²) in [7, 11) is 1.73. The molecule has 2 fully saturated rings. The highest BCUT2D eigenvalue weighted by Crippen LogP contribution is 2.62. The lowest BCUT2D eigenvalue weighted by Crippen LogP contribution is -2.74. The standard InChI is InChI=1S/C27H43N3O3/c1-8-9-12-27-20-11-10-19(32-7)17-21(20)29-22(27)25(5,6)28-18-26(27)13-15-30(16-14-26)23(31)33-24(2,3)4/h10-11,17,22,28-29H,8-9,12-16,18H2,1-7H3. The Hall–Kier alpha value is -1.95. The highest BCUT2D eigenvalue weighted by atomic mass is 16.6. The number of hydrogen-bond donors (Lipinski definition) is 2. The number of ether oxygens (including phenoxy) is 2. The van der Waals surface area contributed by atoms with Crippen LogP contribution in [0.5, 0.6) is 5.75 Å². The Morgan fingerprint density at radius 2 is 1.91 bits per heavy atom. The van der Waals surface area contributed by atoms with E-state index in [1.54, 1.807) is 7.11 Å². The van der Waals surface area contributed by atoms with E-state index in [2.05, 4.69) is 49.6 Å². The molecule has 1 amide bonds. The van der Waals surface area contributed by atoms with Crippen molar-refractivity contribution in [3.8, 4) is 5.75 Å². The van der Waals surface area contributed by atoms with Gasteiger partial charge in [-0.2, -0.15) is 0 Å². The molecule has 0 bridgehead atoms. The van der Waals surface area contributed by atoms with E-state index in [1.165, 1.54) is 24.1 Å². The molecule has 3 aliphatic rings. The molecule has 1 aromatic carbocycles. The smallest absolute Gasteiger partial charge is 0.410 e. The van der Waals surface area contributed by atoms with E-state index >= 15 is 0 Å². The van der Waals surface area contributed by atoms with Crippen molar-refractivity contribution in [2.24, 2.45) is 5.41 Å². The summed E-state index contributed by atoms with van der Waals surface area (Å²) in [6.45, 7) is 15.2. The van der Waals surface area contributed by atoms with Crippen molar-refractivity contribution in [1.82, 2.24) is 10.2 Å². The minimum atomic E-state index is -0.469. The Balaban J connectivity index is 1.73. The molecule has 2 unspecified atom stereocenters. The molecule has 2 N–H and O–H groups in total. The summed E-state index contributed by atoms with van der Waals surface area (Å²) in [6, 6.07) is 6.87. The van der Waals surface area contributed by atoms with Crippen molar-refractivity contribution in [3.63, 3.8) is 0 Å². The number of piperidine rings is 2. The largest absolute Gasteiger partial charge is 0.497 e. The Morgan fingerprint density at radius 1 is 1.21 bits per heavy atom. The Labute approximate surface area is 199 Å². The van der Waals surface area contributed by atoms with Gasteiger partial charge < -0.3 is 25.0 Å². The number of nitrogens with zero attached hydrogens (tertiary/aromatic N) is 1. The van der Waals surface area contributed by atoms with Gasteiger partial charge in [0, 0.05) is 42.3 Å². The summed E-state index contributed by atoms with van der Waals surface area (Å²) in [5.41, 5.74) is 2.22. The van der Waals surface area contributed by atoms with E-state index in [-0.39, 0.29) is 28.5 Å². The number of hydrogen-bond acceptors (Lipinski definition) is 5. The molecule has 184 valence electrons.